The number of rotatable bonds is 4. The largest absolute Gasteiger partial charge is 0.466 e. The first kappa shape index (κ1) is 13.9. The van der Waals surface area contributed by atoms with Crippen LogP contribution < -0.4 is 0 Å². The highest BCUT2D eigenvalue weighted by molar-refractivity contribution is 5.69. The quantitative estimate of drug-likeness (QED) is 0.690. The minimum Gasteiger partial charge on any atom is -0.466 e. The van der Waals surface area contributed by atoms with Crippen molar-refractivity contribution >= 4 is 5.97 Å². The lowest BCUT2D eigenvalue weighted by atomic mass is 9.63. The molecule has 0 aromatic rings. The average Bonchev–Trinajstić information content (AvgIpc) is 2.40. The second kappa shape index (κ2) is 6.58. The van der Waals surface area contributed by atoms with E-state index in [4.69, 9.17) is 4.74 Å². The lowest BCUT2D eigenvalue weighted by molar-refractivity contribution is -0.143. The Hall–Kier alpha value is -0.530. The van der Waals surface area contributed by atoms with E-state index in [1.54, 1.807) is 0 Å². The van der Waals surface area contributed by atoms with E-state index in [0.29, 0.717) is 18.4 Å². The Bertz CT molecular complexity index is 256. The van der Waals surface area contributed by atoms with Gasteiger partial charge in [0.1, 0.15) is 0 Å². The number of ether oxygens (including phenoxy) is 1. The molecule has 2 aliphatic rings. The molecule has 2 nitrogen and oxygen atoms in total. The minimum absolute atomic E-state index is 0.00421. The van der Waals surface area contributed by atoms with Gasteiger partial charge >= 0.3 is 5.97 Å². The topological polar surface area (TPSA) is 26.3 Å². The number of hydrogen-bond donors (Lipinski definition) is 0. The third kappa shape index (κ3) is 3.73. The molecule has 2 saturated carbocycles. The molecule has 0 heterocycles. The van der Waals surface area contributed by atoms with E-state index >= 15 is 0 Å². The Kier molecular flexibility index (Phi) is 5.08. The van der Waals surface area contributed by atoms with Gasteiger partial charge in [-0.05, 0) is 63.2 Å². The average molecular weight is 252 g/mol. The normalized spacial score (nSPS) is 24.1. The highest BCUT2D eigenvalue weighted by Gasteiger charge is 2.35. The summed E-state index contributed by atoms with van der Waals surface area (Å²) in [5, 5.41) is 0. The lowest BCUT2D eigenvalue weighted by Crippen LogP contribution is -2.29. The first-order chi connectivity index (χ1) is 8.74. The molecular weight excluding hydrogens is 224 g/mol. The molecule has 0 amide bonds. The van der Waals surface area contributed by atoms with Gasteiger partial charge in [0, 0.05) is 6.42 Å². The van der Waals surface area contributed by atoms with Gasteiger partial charge in [0.2, 0.25) is 0 Å². The summed E-state index contributed by atoms with van der Waals surface area (Å²) in [4.78, 5) is 11.4. The van der Waals surface area contributed by atoms with E-state index in [9.17, 15) is 4.79 Å². The zero-order valence-corrected chi connectivity index (χ0v) is 11.9. The summed E-state index contributed by atoms with van der Waals surface area (Å²) in [6, 6.07) is 0. The van der Waals surface area contributed by atoms with E-state index in [-0.39, 0.29) is 5.97 Å². The van der Waals surface area contributed by atoms with E-state index in [0.717, 1.165) is 12.3 Å². The summed E-state index contributed by atoms with van der Waals surface area (Å²) in [6.07, 6.45) is 14.5. The van der Waals surface area contributed by atoms with Crippen LogP contribution in [-0.2, 0) is 9.53 Å². The van der Waals surface area contributed by atoms with Crippen molar-refractivity contribution in [1.29, 1.82) is 0 Å². The molecule has 0 atom stereocenters. The van der Waals surface area contributed by atoms with Crippen LogP contribution in [0.5, 0.6) is 0 Å². The van der Waals surface area contributed by atoms with Crippen LogP contribution in [0.2, 0.25) is 0 Å². The van der Waals surface area contributed by atoms with Crippen molar-refractivity contribution in [3.8, 4) is 0 Å². The third-order valence-corrected chi connectivity index (χ3v) is 5.14. The van der Waals surface area contributed by atoms with Gasteiger partial charge in [-0.2, -0.15) is 0 Å². The molecule has 0 N–H and O–H groups in total. The highest BCUT2D eigenvalue weighted by Crippen LogP contribution is 2.49. The van der Waals surface area contributed by atoms with Crippen LogP contribution in [0, 0.1) is 11.3 Å². The summed E-state index contributed by atoms with van der Waals surface area (Å²) in [5.41, 5.74) is 0.707. The SMILES string of the molecule is CCOC(=O)CCC1CCC2(CCCCC2)CC1. The summed E-state index contributed by atoms with van der Waals surface area (Å²) in [5.74, 6) is 0.775. The fourth-order valence-electron chi connectivity index (χ4n) is 3.94. The van der Waals surface area contributed by atoms with Crippen LogP contribution in [0.1, 0.15) is 77.6 Å². The molecule has 0 radical (unpaired) electrons. The standard InChI is InChI=1S/C16H28O2/c1-2-18-15(17)7-6-14-8-12-16(13-9-14)10-4-3-5-11-16/h14H,2-13H2,1H3. The molecule has 1 spiro atoms. The Morgan fingerprint density at radius 2 is 1.78 bits per heavy atom. The molecule has 18 heavy (non-hydrogen) atoms. The smallest absolute Gasteiger partial charge is 0.305 e. The van der Waals surface area contributed by atoms with Crippen molar-refractivity contribution in [2.45, 2.75) is 77.6 Å². The molecule has 2 rings (SSSR count). The molecule has 0 bridgehead atoms. The molecule has 104 valence electrons. The van der Waals surface area contributed by atoms with E-state index in [1.807, 2.05) is 6.92 Å². The van der Waals surface area contributed by atoms with Crippen molar-refractivity contribution in [3.63, 3.8) is 0 Å². The van der Waals surface area contributed by atoms with Crippen LogP contribution in [0.3, 0.4) is 0 Å². The molecule has 0 saturated heterocycles. The maximum atomic E-state index is 11.4. The van der Waals surface area contributed by atoms with Crippen LogP contribution >= 0.6 is 0 Å². The summed E-state index contributed by atoms with van der Waals surface area (Å²) in [6.45, 7) is 2.40. The Morgan fingerprint density at radius 3 is 2.39 bits per heavy atom. The van der Waals surface area contributed by atoms with E-state index in [1.165, 1.54) is 57.8 Å². The zero-order chi connectivity index (χ0) is 12.8. The molecule has 2 fully saturated rings. The van der Waals surface area contributed by atoms with Crippen LogP contribution in [0.15, 0.2) is 0 Å². The predicted octanol–water partition coefficient (Wildman–Crippen LogP) is 4.47. The summed E-state index contributed by atoms with van der Waals surface area (Å²) < 4.78 is 5.00. The number of carbonyl (C=O) groups is 1. The van der Waals surface area contributed by atoms with E-state index in [2.05, 4.69) is 0 Å². The number of hydrogen-bond acceptors (Lipinski definition) is 2. The molecule has 0 aromatic carbocycles. The highest BCUT2D eigenvalue weighted by atomic mass is 16.5. The monoisotopic (exact) mass is 252 g/mol. The van der Waals surface area contributed by atoms with Gasteiger partial charge in [0.05, 0.1) is 6.61 Å². The van der Waals surface area contributed by atoms with Crippen molar-refractivity contribution in [2.24, 2.45) is 11.3 Å². The maximum Gasteiger partial charge on any atom is 0.305 e. The van der Waals surface area contributed by atoms with Gasteiger partial charge in [-0.1, -0.05) is 19.3 Å². The third-order valence-electron chi connectivity index (χ3n) is 5.14. The number of carbonyl (C=O) groups excluding carboxylic acids is 1. The second-order valence-electron chi connectivity index (χ2n) is 6.35. The van der Waals surface area contributed by atoms with Crippen LogP contribution in [0.25, 0.3) is 0 Å². The Balaban J connectivity index is 1.68. The van der Waals surface area contributed by atoms with Crippen LogP contribution in [-0.4, -0.2) is 12.6 Å². The fraction of sp³-hybridized carbons (Fsp3) is 0.938. The van der Waals surface area contributed by atoms with Gasteiger partial charge < -0.3 is 4.74 Å². The molecule has 0 aliphatic heterocycles. The lowest BCUT2D eigenvalue weighted by Gasteiger charge is -2.43. The second-order valence-corrected chi connectivity index (χ2v) is 6.35. The zero-order valence-electron chi connectivity index (χ0n) is 11.9. The first-order valence-corrected chi connectivity index (χ1v) is 7.90. The van der Waals surface area contributed by atoms with Crippen molar-refractivity contribution in [2.75, 3.05) is 6.61 Å². The Labute approximate surface area is 111 Å². The summed E-state index contributed by atoms with van der Waals surface area (Å²) in [7, 11) is 0. The minimum atomic E-state index is -0.00421. The van der Waals surface area contributed by atoms with Gasteiger partial charge in [-0.15, -0.1) is 0 Å². The maximum absolute atomic E-state index is 11.4. The fourth-order valence-corrected chi connectivity index (χ4v) is 3.94. The van der Waals surface area contributed by atoms with E-state index < -0.39 is 0 Å². The van der Waals surface area contributed by atoms with Crippen molar-refractivity contribution < 1.29 is 9.53 Å². The van der Waals surface area contributed by atoms with Gasteiger partial charge in [0.15, 0.2) is 0 Å². The van der Waals surface area contributed by atoms with Crippen molar-refractivity contribution in [3.05, 3.63) is 0 Å². The molecule has 2 heteroatoms. The molecular formula is C16H28O2. The summed E-state index contributed by atoms with van der Waals surface area (Å²) >= 11 is 0. The van der Waals surface area contributed by atoms with Gasteiger partial charge in [-0.25, -0.2) is 0 Å². The van der Waals surface area contributed by atoms with Gasteiger partial charge in [-0.3, -0.25) is 4.79 Å². The Morgan fingerprint density at radius 1 is 1.11 bits per heavy atom. The number of esters is 1. The molecule has 0 aromatic heterocycles. The molecule has 0 unspecified atom stereocenters. The van der Waals surface area contributed by atoms with Gasteiger partial charge in [0.25, 0.3) is 0 Å². The predicted molar refractivity (Wildman–Crippen MR) is 73.3 cm³/mol. The first-order valence-electron chi connectivity index (χ1n) is 7.90. The molecule has 2 aliphatic carbocycles. The van der Waals surface area contributed by atoms with Crippen LogP contribution in [0.4, 0.5) is 0 Å². The van der Waals surface area contributed by atoms with Crippen molar-refractivity contribution in [1.82, 2.24) is 0 Å².